The number of nitrogens with one attached hydrogen (secondary N) is 3. The number of rotatable bonds is 8. The van der Waals surface area contributed by atoms with Crippen molar-refractivity contribution in [3.8, 4) is 0 Å². The van der Waals surface area contributed by atoms with Gasteiger partial charge in [0.05, 0.1) is 6.54 Å². The van der Waals surface area contributed by atoms with E-state index in [1.165, 1.54) is 33.2 Å². The first kappa shape index (κ1) is 24.8. The van der Waals surface area contributed by atoms with Gasteiger partial charge in [0.2, 0.25) is 0 Å². The van der Waals surface area contributed by atoms with E-state index in [1.807, 2.05) is 19.3 Å². The van der Waals surface area contributed by atoms with Crippen molar-refractivity contribution < 1.29 is 0 Å². The lowest BCUT2D eigenvalue weighted by molar-refractivity contribution is 0.760. The average Bonchev–Trinajstić information content (AvgIpc) is 3.38. The highest BCUT2D eigenvalue weighted by Gasteiger charge is 2.05. The third-order valence-corrected chi connectivity index (χ3v) is 5.64. The fraction of sp³-hybridized carbons (Fsp3) is 0.308. The predicted octanol–water partition coefficient (Wildman–Crippen LogP) is 4.95. The van der Waals surface area contributed by atoms with Crippen LogP contribution in [0.15, 0.2) is 66.0 Å². The van der Waals surface area contributed by atoms with Gasteiger partial charge in [0.15, 0.2) is 5.96 Å². The van der Waals surface area contributed by atoms with Crippen molar-refractivity contribution in [3.05, 3.63) is 89.1 Å². The van der Waals surface area contributed by atoms with Crippen LogP contribution in [0.4, 0.5) is 0 Å². The fourth-order valence-electron chi connectivity index (χ4n) is 3.93. The van der Waals surface area contributed by atoms with Crippen molar-refractivity contribution in [3.63, 3.8) is 0 Å². The van der Waals surface area contributed by atoms with Crippen LogP contribution in [0.25, 0.3) is 10.9 Å². The number of benzene rings is 2. The molecular weight excluding hydrogens is 523 g/mol. The van der Waals surface area contributed by atoms with Gasteiger partial charge in [0.1, 0.15) is 5.82 Å². The predicted molar refractivity (Wildman–Crippen MR) is 147 cm³/mol. The Kier molecular flexibility index (Phi) is 8.94. The Morgan fingerprint density at radius 1 is 1.09 bits per heavy atom. The van der Waals surface area contributed by atoms with Crippen LogP contribution in [0.3, 0.4) is 0 Å². The van der Waals surface area contributed by atoms with E-state index >= 15 is 0 Å². The number of fused-ring (bicyclic) bond motifs is 1. The second-order valence-corrected chi connectivity index (χ2v) is 8.16. The smallest absolute Gasteiger partial charge is 0.191 e. The number of aryl methyl sites for hydroxylation is 2. The fourth-order valence-corrected chi connectivity index (χ4v) is 3.93. The van der Waals surface area contributed by atoms with Crippen molar-refractivity contribution in [2.45, 2.75) is 40.3 Å². The quantitative estimate of drug-likeness (QED) is 0.164. The molecule has 0 spiro atoms. The van der Waals surface area contributed by atoms with Crippen molar-refractivity contribution in [2.75, 3.05) is 13.1 Å². The molecule has 2 aromatic carbocycles. The van der Waals surface area contributed by atoms with E-state index in [0.717, 1.165) is 37.8 Å². The Hall–Kier alpha value is -2.81. The molecule has 0 aliphatic heterocycles. The minimum absolute atomic E-state index is 0. The molecule has 0 aliphatic rings. The van der Waals surface area contributed by atoms with Crippen molar-refractivity contribution in [1.82, 2.24) is 25.2 Å². The molecule has 2 aromatic heterocycles. The maximum atomic E-state index is 4.80. The third-order valence-electron chi connectivity index (χ3n) is 5.64. The standard InChI is InChI=1S/C26H32N6.HI/c1-4-27-26(29-11-10-23-17-30-25-14-19(2)8-9-24(23)25)31-16-21-6-5-7-22(15-21)18-32-13-12-28-20(32)3;/h5-9,12-15,17,30H,4,10-11,16,18H2,1-3H3,(H2,27,29,31);1H. The molecule has 0 bridgehead atoms. The Bertz CT molecular complexity index is 1210. The van der Waals surface area contributed by atoms with Crippen LogP contribution in [-0.2, 0) is 19.5 Å². The van der Waals surface area contributed by atoms with Gasteiger partial charge in [-0.3, -0.25) is 0 Å². The van der Waals surface area contributed by atoms with E-state index in [2.05, 4.69) is 87.7 Å². The van der Waals surface area contributed by atoms with Crippen LogP contribution in [-0.4, -0.2) is 33.6 Å². The molecule has 174 valence electrons. The van der Waals surface area contributed by atoms with Crippen molar-refractivity contribution in [1.29, 1.82) is 0 Å². The molecule has 0 unspecified atom stereocenters. The molecule has 0 saturated carbocycles. The van der Waals surface area contributed by atoms with Crippen LogP contribution < -0.4 is 10.6 Å². The number of aliphatic imine (C=N–C) groups is 1. The Balaban J connectivity index is 0.00000306. The zero-order valence-electron chi connectivity index (χ0n) is 19.6. The first-order valence-electron chi connectivity index (χ1n) is 11.3. The highest BCUT2D eigenvalue weighted by molar-refractivity contribution is 14.0. The summed E-state index contributed by atoms with van der Waals surface area (Å²) in [6.07, 6.45) is 6.91. The van der Waals surface area contributed by atoms with Gasteiger partial charge < -0.3 is 20.2 Å². The summed E-state index contributed by atoms with van der Waals surface area (Å²) in [6, 6.07) is 15.2. The molecule has 0 fully saturated rings. The number of aromatic amines is 1. The van der Waals surface area contributed by atoms with Gasteiger partial charge in [-0.05, 0) is 55.5 Å². The van der Waals surface area contributed by atoms with Crippen molar-refractivity contribution in [2.24, 2.45) is 4.99 Å². The lowest BCUT2D eigenvalue weighted by Gasteiger charge is -2.12. The van der Waals surface area contributed by atoms with E-state index in [-0.39, 0.29) is 24.0 Å². The largest absolute Gasteiger partial charge is 0.361 e. The van der Waals surface area contributed by atoms with Crippen LogP contribution in [0.2, 0.25) is 0 Å². The number of nitrogens with zero attached hydrogens (tertiary/aromatic N) is 3. The summed E-state index contributed by atoms with van der Waals surface area (Å²) in [5.41, 5.74) is 6.25. The maximum absolute atomic E-state index is 4.80. The Morgan fingerprint density at radius 3 is 2.73 bits per heavy atom. The lowest BCUT2D eigenvalue weighted by atomic mass is 10.1. The van der Waals surface area contributed by atoms with E-state index in [4.69, 9.17) is 4.99 Å². The number of hydrogen-bond acceptors (Lipinski definition) is 2. The molecule has 3 N–H and O–H groups in total. The molecule has 4 rings (SSSR count). The molecule has 2 heterocycles. The molecule has 0 saturated heterocycles. The highest BCUT2D eigenvalue weighted by Crippen LogP contribution is 2.19. The second-order valence-electron chi connectivity index (χ2n) is 8.16. The van der Waals surface area contributed by atoms with Crippen LogP contribution in [0, 0.1) is 13.8 Å². The van der Waals surface area contributed by atoms with Gasteiger partial charge in [-0.2, -0.15) is 0 Å². The summed E-state index contributed by atoms with van der Waals surface area (Å²) in [5, 5.41) is 8.13. The minimum Gasteiger partial charge on any atom is -0.361 e. The van der Waals surface area contributed by atoms with Gasteiger partial charge in [-0.1, -0.05) is 36.4 Å². The van der Waals surface area contributed by atoms with Crippen LogP contribution in [0.5, 0.6) is 0 Å². The topological polar surface area (TPSA) is 70.0 Å². The molecular formula is C26H33IN6. The molecule has 0 atom stereocenters. The molecule has 0 amide bonds. The first-order chi connectivity index (χ1) is 15.6. The van der Waals surface area contributed by atoms with E-state index in [1.54, 1.807) is 0 Å². The zero-order valence-corrected chi connectivity index (χ0v) is 21.9. The summed E-state index contributed by atoms with van der Waals surface area (Å²) < 4.78 is 2.15. The normalized spacial score (nSPS) is 11.4. The molecule has 0 radical (unpaired) electrons. The third kappa shape index (κ3) is 6.60. The van der Waals surface area contributed by atoms with Gasteiger partial charge in [-0.25, -0.2) is 9.98 Å². The summed E-state index contributed by atoms with van der Waals surface area (Å²) in [6.45, 7) is 9.36. The maximum Gasteiger partial charge on any atom is 0.191 e. The highest BCUT2D eigenvalue weighted by atomic mass is 127. The van der Waals surface area contributed by atoms with E-state index in [9.17, 15) is 0 Å². The summed E-state index contributed by atoms with van der Waals surface area (Å²) >= 11 is 0. The lowest BCUT2D eigenvalue weighted by Crippen LogP contribution is -2.38. The number of imidazole rings is 1. The first-order valence-corrected chi connectivity index (χ1v) is 11.3. The van der Waals surface area contributed by atoms with Crippen LogP contribution in [0.1, 0.15) is 35.0 Å². The SMILES string of the molecule is CCNC(=NCc1cccc(Cn2ccnc2C)c1)NCCc1c[nH]c2cc(C)ccc12.I. The monoisotopic (exact) mass is 556 g/mol. The number of guanidine groups is 1. The Labute approximate surface area is 212 Å². The molecule has 4 aromatic rings. The molecule has 33 heavy (non-hydrogen) atoms. The van der Waals surface area contributed by atoms with Gasteiger partial charge >= 0.3 is 0 Å². The van der Waals surface area contributed by atoms with Gasteiger partial charge in [0, 0.05) is 49.1 Å². The number of aromatic nitrogens is 3. The summed E-state index contributed by atoms with van der Waals surface area (Å²) in [5.74, 6) is 1.87. The van der Waals surface area contributed by atoms with Crippen LogP contribution >= 0.6 is 24.0 Å². The zero-order chi connectivity index (χ0) is 22.3. The van der Waals surface area contributed by atoms with Crippen molar-refractivity contribution >= 4 is 40.8 Å². The summed E-state index contributed by atoms with van der Waals surface area (Å²) in [7, 11) is 0. The molecule has 0 aliphatic carbocycles. The van der Waals surface area contributed by atoms with Gasteiger partial charge in [0.25, 0.3) is 0 Å². The molecule has 7 heteroatoms. The summed E-state index contributed by atoms with van der Waals surface area (Å²) in [4.78, 5) is 12.5. The minimum atomic E-state index is 0. The average molecular weight is 556 g/mol. The number of hydrogen-bond donors (Lipinski definition) is 3. The molecule has 6 nitrogen and oxygen atoms in total. The number of H-pyrrole nitrogens is 1. The van der Waals surface area contributed by atoms with E-state index in [0.29, 0.717) is 6.54 Å². The van der Waals surface area contributed by atoms with Gasteiger partial charge in [-0.15, -0.1) is 24.0 Å². The number of halogens is 1. The van der Waals surface area contributed by atoms with E-state index < -0.39 is 0 Å². The second kappa shape index (κ2) is 11.9. The Morgan fingerprint density at radius 2 is 1.94 bits per heavy atom.